The molecule has 0 radical (unpaired) electrons. The second-order valence-corrected chi connectivity index (χ2v) is 9.47. The van der Waals surface area contributed by atoms with Gasteiger partial charge in [-0.1, -0.05) is 75.6 Å². The van der Waals surface area contributed by atoms with E-state index < -0.39 is 17.4 Å². The Balaban J connectivity index is 1.60. The van der Waals surface area contributed by atoms with Crippen LogP contribution in [0.1, 0.15) is 57.3 Å². The average Bonchev–Trinajstić information content (AvgIpc) is 2.86. The summed E-state index contributed by atoms with van der Waals surface area (Å²) >= 11 is 0. The lowest BCUT2D eigenvalue weighted by molar-refractivity contribution is -0.128. The molecule has 1 aliphatic rings. The van der Waals surface area contributed by atoms with Crippen LogP contribution in [0.3, 0.4) is 0 Å². The van der Waals surface area contributed by atoms with Gasteiger partial charge in [-0.05, 0) is 36.5 Å². The Morgan fingerprint density at radius 1 is 0.971 bits per heavy atom. The predicted molar refractivity (Wildman–Crippen MR) is 134 cm³/mol. The summed E-state index contributed by atoms with van der Waals surface area (Å²) in [5.74, 6) is 0.603. The molecule has 0 saturated heterocycles. The second-order valence-electron chi connectivity index (χ2n) is 9.47. The van der Waals surface area contributed by atoms with Crippen LogP contribution in [0.15, 0.2) is 54.6 Å². The first-order valence-electron chi connectivity index (χ1n) is 12.1. The molecule has 1 aromatic heterocycles. The highest BCUT2D eigenvalue weighted by Gasteiger charge is 2.40. The molecule has 1 aliphatic carbocycles. The van der Waals surface area contributed by atoms with Crippen LogP contribution in [0.2, 0.25) is 0 Å². The number of fused-ring (bicyclic) bond motifs is 1. The summed E-state index contributed by atoms with van der Waals surface area (Å²) in [7, 11) is 0. The van der Waals surface area contributed by atoms with E-state index in [-0.39, 0.29) is 18.4 Å². The number of carbonyl (C=O) groups excluding carboxylic acids is 2. The molecule has 7 heteroatoms. The van der Waals surface area contributed by atoms with Crippen LogP contribution in [0.5, 0.6) is 0 Å². The van der Waals surface area contributed by atoms with Crippen molar-refractivity contribution in [3.63, 3.8) is 0 Å². The zero-order valence-corrected chi connectivity index (χ0v) is 19.9. The minimum absolute atomic E-state index is 0.00795. The summed E-state index contributed by atoms with van der Waals surface area (Å²) in [6, 6.07) is 17.1. The fourth-order valence-corrected chi connectivity index (χ4v) is 4.92. The maximum Gasteiger partial charge on any atom is 0.240 e. The van der Waals surface area contributed by atoms with Gasteiger partial charge < -0.3 is 16.4 Å². The van der Waals surface area contributed by atoms with E-state index in [0.29, 0.717) is 11.6 Å². The normalized spacial score (nSPS) is 16.2. The number of carbonyl (C=O) groups is 2. The minimum atomic E-state index is -0.565. The molecule has 3 aromatic rings. The molecule has 0 unspecified atom stereocenters. The minimum Gasteiger partial charge on any atom is -0.368 e. The van der Waals surface area contributed by atoms with E-state index in [1.807, 2.05) is 56.3 Å². The van der Waals surface area contributed by atoms with Gasteiger partial charge in [-0.15, -0.1) is 0 Å². The molecule has 0 spiro atoms. The van der Waals surface area contributed by atoms with Gasteiger partial charge in [-0.3, -0.25) is 9.59 Å². The highest BCUT2D eigenvalue weighted by molar-refractivity contribution is 5.92. The molecule has 34 heavy (non-hydrogen) atoms. The largest absolute Gasteiger partial charge is 0.368 e. The Labute approximate surface area is 200 Å². The molecule has 1 heterocycles. The van der Waals surface area contributed by atoms with Crippen molar-refractivity contribution in [3.8, 4) is 0 Å². The van der Waals surface area contributed by atoms with E-state index in [1.54, 1.807) is 0 Å². The summed E-state index contributed by atoms with van der Waals surface area (Å²) in [4.78, 5) is 34.9. The number of anilines is 1. The summed E-state index contributed by atoms with van der Waals surface area (Å²) in [6.45, 7) is 4.07. The average molecular weight is 460 g/mol. The number of hydrogen-bond donors (Lipinski definition) is 3. The standard InChI is InChI=1S/C27H33N5O2/c1-18(2)23(24(28)33)32-25-20-13-7-8-14-21(20)30-22(31-25)17-29-26(34)27(15-9-4-10-16-27)19-11-5-3-6-12-19/h3,5-8,11-14,18,23H,4,9-10,15-17H2,1-2H3,(H2,28,33)(H,29,34)(H,30,31,32)/t23-/m0/s1. The van der Waals surface area contributed by atoms with Crippen LogP contribution in [0.25, 0.3) is 10.9 Å². The molecule has 2 amide bonds. The van der Waals surface area contributed by atoms with Crippen molar-refractivity contribution in [1.29, 1.82) is 0 Å². The van der Waals surface area contributed by atoms with Crippen molar-refractivity contribution in [1.82, 2.24) is 15.3 Å². The van der Waals surface area contributed by atoms with Crippen molar-refractivity contribution >= 4 is 28.5 Å². The molecule has 4 rings (SSSR count). The molecular weight excluding hydrogens is 426 g/mol. The molecule has 0 aliphatic heterocycles. The van der Waals surface area contributed by atoms with Crippen molar-refractivity contribution in [2.45, 2.75) is 64.0 Å². The van der Waals surface area contributed by atoms with Crippen molar-refractivity contribution in [3.05, 3.63) is 66.0 Å². The van der Waals surface area contributed by atoms with Crippen LogP contribution in [0, 0.1) is 5.92 Å². The first-order chi connectivity index (χ1) is 16.4. The van der Waals surface area contributed by atoms with E-state index in [4.69, 9.17) is 5.73 Å². The molecule has 1 fully saturated rings. The van der Waals surface area contributed by atoms with Gasteiger partial charge in [0.2, 0.25) is 11.8 Å². The molecule has 7 nitrogen and oxygen atoms in total. The van der Waals surface area contributed by atoms with Gasteiger partial charge >= 0.3 is 0 Å². The van der Waals surface area contributed by atoms with Crippen molar-refractivity contribution in [2.75, 3.05) is 5.32 Å². The number of primary amides is 1. The zero-order valence-electron chi connectivity index (χ0n) is 19.9. The molecule has 2 aromatic carbocycles. The monoisotopic (exact) mass is 459 g/mol. The van der Waals surface area contributed by atoms with Gasteiger partial charge in [0.15, 0.2) is 5.82 Å². The van der Waals surface area contributed by atoms with E-state index in [0.717, 1.165) is 48.6 Å². The fourth-order valence-electron chi connectivity index (χ4n) is 4.92. The third-order valence-electron chi connectivity index (χ3n) is 6.79. The summed E-state index contributed by atoms with van der Waals surface area (Å²) < 4.78 is 0. The fraction of sp³-hybridized carbons (Fsp3) is 0.407. The lowest BCUT2D eigenvalue weighted by atomic mass is 9.68. The quantitative estimate of drug-likeness (QED) is 0.470. The Hall–Kier alpha value is -3.48. The van der Waals surface area contributed by atoms with Crippen LogP contribution in [0.4, 0.5) is 5.82 Å². The number of nitrogens with zero attached hydrogens (tertiary/aromatic N) is 2. The Morgan fingerprint density at radius 3 is 2.32 bits per heavy atom. The lowest BCUT2D eigenvalue weighted by Crippen LogP contribution is -2.45. The molecule has 4 N–H and O–H groups in total. The Kier molecular flexibility index (Phi) is 7.10. The van der Waals surface area contributed by atoms with Gasteiger partial charge in [-0.2, -0.15) is 0 Å². The Bertz CT molecular complexity index is 1160. The van der Waals surface area contributed by atoms with Crippen molar-refractivity contribution < 1.29 is 9.59 Å². The third-order valence-corrected chi connectivity index (χ3v) is 6.79. The number of benzene rings is 2. The van der Waals surface area contributed by atoms with Gasteiger partial charge in [0.25, 0.3) is 0 Å². The number of hydrogen-bond acceptors (Lipinski definition) is 5. The number of rotatable bonds is 8. The molecular formula is C27H33N5O2. The Morgan fingerprint density at radius 2 is 1.65 bits per heavy atom. The number of nitrogens with one attached hydrogen (secondary N) is 2. The predicted octanol–water partition coefficient (Wildman–Crippen LogP) is 4.07. The van der Waals surface area contributed by atoms with E-state index in [9.17, 15) is 9.59 Å². The highest BCUT2D eigenvalue weighted by atomic mass is 16.2. The first kappa shape index (κ1) is 23.7. The maximum absolute atomic E-state index is 13.6. The van der Waals surface area contributed by atoms with Crippen molar-refractivity contribution in [2.24, 2.45) is 11.7 Å². The summed E-state index contributed by atoms with van der Waals surface area (Å²) in [6.07, 6.45) is 4.90. The molecule has 178 valence electrons. The summed E-state index contributed by atoms with van der Waals surface area (Å²) in [5.41, 5.74) is 6.90. The smallest absolute Gasteiger partial charge is 0.240 e. The van der Waals surface area contributed by atoms with Crippen LogP contribution in [-0.2, 0) is 21.5 Å². The zero-order chi connectivity index (χ0) is 24.1. The second kappa shape index (κ2) is 10.2. The van der Waals surface area contributed by atoms with Crippen LogP contribution < -0.4 is 16.4 Å². The first-order valence-corrected chi connectivity index (χ1v) is 12.1. The van der Waals surface area contributed by atoms with Gasteiger partial charge in [0.05, 0.1) is 17.5 Å². The van der Waals surface area contributed by atoms with Crippen LogP contribution >= 0.6 is 0 Å². The van der Waals surface area contributed by atoms with Gasteiger partial charge in [0.1, 0.15) is 11.9 Å². The SMILES string of the molecule is CC(C)[C@H](Nc1nc(CNC(=O)C2(c3ccccc3)CCCCC2)nc2ccccc12)C(N)=O. The summed E-state index contributed by atoms with van der Waals surface area (Å²) in [5, 5.41) is 7.13. The third kappa shape index (κ3) is 4.88. The number of nitrogens with two attached hydrogens (primary N) is 1. The molecule has 1 atom stereocenters. The highest BCUT2D eigenvalue weighted by Crippen LogP contribution is 2.39. The molecule has 1 saturated carbocycles. The number of amides is 2. The van der Waals surface area contributed by atoms with Crippen LogP contribution in [-0.4, -0.2) is 27.8 Å². The van der Waals surface area contributed by atoms with E-state index >= 15 is 0 Å². The molecule has 0 bridgehead atoms. The van der Waals surface area contributed by atoms with E-state index in [1.165, 1.54) is 0 Å². The number of para-hydroxylation sites is 1. The maximum atomic E-state index is 13.6. The topological polar surface area (TPSA) is 110 Å². The van der Waals surface area contributed by atoms with E-state index in [2.05, 4.69) is 32.7 Å². The van der Waals surface area contributed by atoms with Gasteiger partial charge in [0, 0.05) is 5.39 Å². The number of aromatic nitrogens is 2. The lowest BCUT2D eigenvalue weighted by Gasteiger charge is -2.36. The van der Waals surface area contributed by atoms with Gasteiger partial charge in [-0.25, -0.2) is 9.97 Å².